The summed E-state index contributed by atoms with van der Waals surface area (Å²) in [5.41, 5.74) is 1.69. The van der Waals surface area contributed by atoms with Gasteiger partial charge in [-0.05, 0) is 29.8 Å². The van der Waals surface area contributed by atoms with Crippen LogP contribution in [0.25, 0.3) is 0 Å². The summed E-state index contributed by atoms with van der Waals surface area (Å²) < 4.78 is 12.7. The molecule has 18 heavy (non-hydrogen) atoms. The topological polar surface area (TPSA) is 42.0 Å². The van der Waals surface area contributed by atoms with Crippen molar-refractivity contribution in [1.29, 1.82) is 0 Å². The van der Waals surface area contributed by atoms with Crippen LogP contribution in [0.3, 0.4) is 0 Å². The standard InChI is InChI=1S/C13H10ClFN2O/c14-7-9-2-1-3-11(6-9)17-13(18)12-5-4-10(15)8-16-12/h1-6,8H,7H2,(H,17,18). The predicted molar refractivity (Wildman–Crippen MR) is 68.1 cm³/mol. The molecule has 0 unspecified atom stereocenters. The Hall–Kier alpha value is -1.94. The smallest absolute Gasteiger partial charge is 0.274 e. The molecule has 0 spiro atoms. The van der Waals surface area contributed by atoms with Crippen LogP contribution >= 0.6 is 11.6 Å². The molecule has 0 fully saturated rings. The maximum atomic E-state index is 12.7. The van der Waals surface area contributed by atoms with E-state index in [0.717, 1.165) is 11.8 Å². The first-order valence-electron chi connectivity index (χ1n) is 5.27. The minimum atomic E-state index is -0.476. The monoisotopic (exact) mass is 264 g/mol. The zero-order valence-electron chi connectivity index (χ0n) is 9.36. The third-order valence-electron chi connectivity index (χ3n) is 2.30. The Morgan fingerprint density at radius 3 is 2.83 bits per heavy atom. The largest absolute Gasteiger partial charge is 0.321 e. The molecular weight excluding hydrogens is 255 g/mol. The summed E-state index contributed by atoms with van der Waals surface area (Å²) >= 11 is 5.70. The second-order valence-electron chi connectivity index (χ2n) is 3.65. The summed E-state index contributed by atoms with van der Waals surface area (Å²) in [5.74, 6) is -0.490. The number of hydrogen-bond donors (Lipinski definition) is 1. The highest BCUT2D eigenvalue weighted by Crippen LogP contribution is 2.13. The minimum Gasteiger partial charge on any atom is -0.321 e. The Morgan fingerprint density at radius 1 is 1.33 bits per heavy atom. The SMILES string of the molecule is O=C(Nc1cccc(CCl)c1)c1ccc(F)cn1. The number of halogens is 2. The molecule has 0 aliphatic carbocycles. The third-order valence-corrected chi connectivity index (χ3v) is 2.61. The van der Waals surface area contributed by atoms with Crippen LogP contribution in [0.1, 0.15) is 16.1 Å². The van der Waals surface area contributed by atoms with Crippen molar-refractivity contribution in [3.63, 3.8) is 0 Å². The molecule has 1 aromatic carbocycles. The van der Waals surface area contributed by atoms with E-state index in [1.807, 2.05) is 6.07 Å². The second kappa shape index (κ2) is 5.60. The van der Waals surface area contributed by atoms with Crippen LogP contribution < -0.4 is 5.32 Å². The average Bonchev–Trinajstić information content (AvgIpc) is 2.39. The van der Waals surface area contributed by atoms with Crippen LogP contribution in [-0.2, 0) is 5.88 Å². The number of nitrogens with zero attached hydrogens (tertiary/aromatic N) is 1. The van der Waals surface area contributed by atoms with Crippen LogP contribution in [0.5, 0.6) is 0 Å². The van der Waals surface area contributed by atoms with Crippen molar-refractivity contribution in [2.45, 2.75) is 5.88 Å². The molecule has 0 atom stereocenters. The fraction of sp³-hybridized carbons (Fsp3) is 0.0769. The normalized spacial score (nSPS) is 10.1. The number of hydrogen-bond acceptors (Lipinski definition) is 2. The van der Waals surface area contributed by atoms with Crippen molar-refractivity contribution in [3.8, 4) is 0 Å². The average molecular weight is 265 g/mol. The summed E-state index contributed by atoms with van der Waals surface area (Å²) in [6.45, 7) is 0. The number of rotatable bonds is 3. The summed E-state index contributed by atoms with van der Waals surface area (Å²) in [4.78, 5) is 15.5. The molecule has 1 N–H and O–H groups in total. The van der Waals surface area contributed by atoms with Gasteiger partial charge in [0.15, 0.2) is 0 Å². The Labute approximate surface area is 109 Å². The number of benzene rings is 1. The van der Waals surface area contributed by atoms with Gasteiger partial charge < -0.3 is 5.32 Å². The van der Waals surface area contributed by atoms with Crippen molar-refractivity contribution in [1.82, 2.24) is 4.98 Å². The van der Waals surface area contributed by atoms with E-state index in [1.165, 1.54) is 12.1 Å². The van der Waals surface area contributed by atoms with Crippen molar-refractivity contribution in [3.05, 3.63) is 59.7 Å². The maximum Gasteiger partial charge on any atom is 0.274 e. The minimum absolute atomic E-state index is 0.160. The van der Waals surface area contributed by atoms with E-state index in [0.29, 0.717) is 11.6 Å². The Balaban J connectivity index is 2.13. The molecule has 2 rings (SSSR count). The molecule has 1 aromatic heterocycles. The van der Waals surface area contributed by atoms with Gasteiger partial charge in [-0.1, -0.05) is 12.1 Å². The summed E-state index contributed by atoms with van der Waals surface area (Å²) in [5, 5.41) is 2.67. The number of carbonyl (C=O) groups excluding carboxylic acids is 1. The fourth-order valence-corrected chi connectivity index (χ4v) is 1.60. The molecule has 1 amide bonds. The van der Waals surface area contributed by atoms with E-state index < -0.39 is 5.82 Å². The molecule has 1 heterocycles. The van der Waals surface area contributed by atoms with Gasteiger partial charge >= 0.3 is 0 Å². The molecule has 5 heteroatoms. The van der Waals surface area contributed by atoms with Crippen molar-refractivity contribution < 1.29 is 9.18 Å². The molecule has 0 saturated carbocycles. The first-order chi connectivity index (χ1) is 8.69. The number of nitrogens with one attached hydrogen (secondary N) is 1. The van der Waals surface area contributed by atoms with Crippen LogP contribution in [0.2, 0.25) is 0 Å². The van der Waals surface area contributed by atoms with Crippen molar-refractivity contribution in [2.75, 3.05) is 5.32 Å². The van der Waals surface area contributed by atoms with Gasteiger partial charge in [0.1, 0.15) is 11.5 Å². The highest BCUT2D eigenvalue weighted by atomic mass is 35.5. The van der Waals surface area contributed by atoms with Gasteiger partial charge in [-0.3, -0.25) is 4.79 Å². The van der Waals surface area contributed by atoms with Gasteiger partial charge in [-0.2, -0.15) is 0 Å². The number of aromatic nitrogens is 1. The molecule has 92 valence electrons. The molecule has 0 bridgehead atoms. The quantitative estimate of drug-likeness (QED) is 0.865. The molecule has 0 radical (unpaired) electrons. The van der Waals surface area contributed by atoms with Crippen LogP contribution in [0, 0.1) is 5.82 Å². The lowest BCUT2D eigenvalue weighted by Crippen LogP contribution is -2.13. The molecule has 0 saturated heterocycles. The summed E-state index contributed by atoms with van der Waals surface area (Å²) in [7, 11) is 0. The molecular formula is C13H10ClFN2O. The lowest BCUT2D eigenvalue weighted by atomic mass is 10.2. The van der Waals surface area contributed by atoms with Crippen LogP contribution in [0.4, 0.5) is 10.1 Å². The molecule has 0 aliphatic heterocycles. The highest BCUT2D eigenvalue weighted by molar-refractivity contribution is 6.17. The van der Waals surface area contributed by atoms with Gasteiger partial charge in [-0.15, -0.1) is 11.6 Å². The van der Waals surface area contributed by atoms with E-state index in [4.69, 9.17) is 11.6 Å². The molecule has 2 aromatic rings. The Morgan fingerprint density at radius 2 is 2.17 bits per heavy atom. The Bertz CT molecular complexity index is 557. The zero-order valence-corrected chi connectivity index (χ0v) is 10.1. The van der Waals surface area contributed by atoms with E-state index in [-0.39, 0.29) is 11.6 Å². The number of carbonyl (C=O) groups is 1. The van der Waals surface area contributed by atoms with Gasteiger partial charge in [-0.25, -0.2) is 9.37 Å². The van der Waals surface area contributed by atoms with E-state index in [1.54, 1.807) is 18.2 Å². The molecule has 3 nitrogen and oxygen atoms in total. The van der Waals surface area contributed by atoms with Crippen molar-refractivity contribution in [2.24, 2.45) is 0 Å². The third kappa shape index (κ3) is 3.05. The number of alkyl halides is 1. The van der Waals surface area contributed by atoms with E-state index >= 15 is 0 Å². The van der Waals surface area contributed by atoms with Gasteiger partial charge in [0, 0.05) is 11.6 Å². The highest BCUT2D eigenvalue weighted by Gasteiger charge is 2.07. The summed E-state index contributed by atoms with van der Waals surface area (Å²) in [6, 6.07) is 9.70. The fourth-order valence-electron chi connectivity index (χ4n) is 1.44. The van der Waals surface area contributed by atoms with E-state index in [9.17, 15) is 9.18 Å². The summed E-state index contributed by atoms with van der Waals surface area (Å²) in [6.07, 6.45) is 1.00. The second-order valence-corrected chi connectivity index (χ2v) is 3.92. The molecule has 0 aliphatic rings. The number of pyridine rings is 1. The lowest BCUT2D eigenvalue weighted by Gasteiger charge is -2.05. The Kier molecular flexibility index (Phi) is 3.89. The van der Waals surface area contributed by atoms with Crippen LogP contribution in [0.15, 0.2) is 42.6 Å². The zero-order chi connectivity index (χ0) is 13.0. The van der Waals surface area contributed by atoms with Gasteiger partial charge in [0.05, 0.1) is 6.20 Å². The van der Waals surface area contributed by atoms with Gasteiger partial charge in [0.25, 0.3) is 5.91 Å². The maximum absolute atomic E-state index is 12.7. The number of amides is 1. The van der Waals surface area contributed by atoms with E-state index in [2.05, 4.69) is 10.3 Å². The first kappa shape index (κ1) is 12.5. The lowest BCUT2D eigenvalue weighted by molar-refractivity contribution is 0.102. The van der Waals surface area contributed by atoms with Gasteiger partial charge in [0.2, 0.25) is 0 Å². The predicted octanol–water partition coefficient (Wildman–Crippen LogP) is 3.21. The van der Waals surface area contributed by atoms with Crippen molar-refractivity contribution >= 4 is 23.2 Å². The first-order valence-corrected chi connectivity index (χ1v) is 5.80. The number of anilines is 1. The van der Waals surface area contributed by atoms with Crippen LogP contribution in [-0.4, -0.2) is 10.9 Å².